The molecule has 1 aliphatic heterocycles. The number of nitrogens with one attached hydrogen (secondary N) is 2. The molecule has 4 aromatic carbocycles. The summed E-state index contributed by atoms with van der Waals surface area (Å²) in [5, 5.41) is 7.10. The number of likely N-dealkylation sites (tertiary alicyclic amines) is 1. The van der Waals surface area contributed by atoms with E-state index >= 15 is 0 Å². The van der Waals surface area contributed by atoms with Crippen molar-refractivity contribution in [3.63, 3.8) is 0 Å². The lowest BCUT2D eigenvalue weighted by Crippen LogP contribution is -2.37. The molecule has 1 amide bonds. The highest BCUT2D eigenvalue weighted by Crippen LogP contribution is 2.33. The van der Waals surface area contributed by atoms with Gasteiger partial charge in [-0.15, -0.1) is 0 Å². The van der Waals surface area contributed by atoms with Crippen LogP contribution >= 0.6 is 38.4 Å². The molecule has 6 rings (SSSR count). The molecular weight excluding hydrogens is 955 g/mol. The topological polar surface area (TPSA) is 365 Å². The van der Waals surface area contributed by atoms with E-state index in [1.54, 1.807) is 48.5 Å². The van der Waals surface area contributed by atoms with Crippen molar-refractivity contribution in [2.75, 3.05) is 41.7 Å². The number of unbranched alkanes of at least 4 members (excludes halogenated alkanes) is 3. The first kappa shape index (κ1) is 56.6. The zero-order valence-electron chi connectivity index (χ0n) is 37.6. The largest absolute Gasteiger partial charge is 0.399 e. The number of halogens is 2. The highest BCUT2D eigenvalue weighted by Gasteiger charge is 2.28. The Bertz CT molecular complexity index is 2230. The second kappa shape index (κ2) is 29.3. The van der Waals surface area contributed by atoms with Gasteiger partial charge in [0.05, 0.1) is 10.6 Å². The highest BCUT2D eigenvalue weighted by molar-refractivity contribution is 7.60. The van der Waals surface area contributed by atoms with Gasteiger partial charge in [0.15, 0.2) is 0 Å². The minimum absolute atomic E-state index is 0.00769. The van der Waals surface area contributed by atoms with Crippen LogP contribution in [-0.4, -0.2) is 79.9 Å². The molecule has 0 spiro atoms. The first-order valence-electron chi connectivity index (χ1n) is 21.7. The van der Waals surface area contributed by atoms with Crippen LogP contribution in [0, 0.1) is 0 Å². The molecule has 18 N–H and O–H groups in total. The number of aliphatic imine (C=N–C) groups is 4. The van der Waals surface area contributed by atoms with Gasteiger partial charge in [-0.25, -0.2) is 0 Å². The fourth-order valence-electron chi connectivity index (χ4n) is 6.48. The maximum Gasteiger partial charge on any atom is 0.356 e. The van der Waals surface area contributed by atoms with E-state index in [0.29, 0.717) is 46.5 Å². The number of carbonyl (C=O) groups is 1. The molecule has 24 heteroatoms. The Labute approximate surface area is 406 Å². The lowest BCUT2D eigenvalue weighted by molar-refractivity contribution is -0.130. The van der Waals surface area contributed by atoms with E-state index in [2.05, 4.69) is 35.5 Å². The van der Waals surface area contributed by atoms with Crippen LogP contribution in [-0.2, 0) is 13.9 Å². The Morgan fingerprint density at radius 3 is 1.31 bits per heavy atom. The molecule has 1 aliphatic carbocycles. The minimum atomic E-state index is -4.09. The van der Waals surface area contributed by atoms with Crippen LogP contribution in [0.5, 0.6) is 0 Å². The van der Waals surface area contributed by atoms with Gasteiger partial charge in [0.25, 0.3) is 0 Å². The Kier molecular flexibility index (Phi) is 24.4. The average molecular weight is 1020 g/mol. The zero-order valence-corrected chi connectivity index (χ0v) is 40.9. The van der Waals surface area contributed by atoms with Crippen molar-refractivity contribution in [2.45, 2.75) is 76.7 Å². The normalized spacial score (nSPS) is 15.0. The Balaban J connectivity index is 0.000000288. The van der Waals surface area contributed by atoms with Crippen LogP contribution in [0.25, 0.3) is 0 Å². The monoisotopic (exact) mass is 1020 g/mol. The maximum atomic E-state index is 11.4. The Morgan fingerprint density at radius 2 is 0.971 bits per heavy atom. The van der Waals surface area contributed by atoms with Crippen molar-refractivity contribution < 1.29 is 33.5 Å². The van der Waals surface area contributed by atoms with Gasteiger partial charge < -0.3 is 69.5 Å². The summed E-state index contributed by atoms with van der Waals surface area (Å²) in [4.78, 5) is 64.6. The number of nitrogens with two attached hydrogens (primary N) is 6. The van der Waals surface area contributed by atoms with E-state index in [9.17, 15) is 13.9 Å². The molecule has 68 heavy (non-hydrogen) atoms. The molecule has 1 heterocycles. The number of hydrogen-bond donors (Lipinski definition) is 12. The number of rotatable bonds is 12. The second-order valence-electron chi connectivity index (χ2n) is 15.4. The van der Waals surface area contributed by atoms with Crippen molar-refractivity contribution in [2.24, 2.45) is 42.9 Å². The maximum absolute atomic E-state index is 11.4. The third-order valence-corrected chi connectivity index (χ3v) is 12.3. The highest BCUT2D eigenvalue weighted by atomic mass is 35.5. The van der Waals surface area contributed by atoms with Crippen molar-refractivity contribution in [3.8, 4) is 0 Å². The van der Waals surface area contributed by atoms with Crippen LogP contribution in [0.1, 0.15) is 70.6 Å². The summed E-state index contributed by atoms with van der Waals surface area (Å²) >= 11 is 11.7. The number of nitrogens with zero attached hydrogens (tertiary/aromatic N) is 5. The van der Waals surface area contributed by atoms with Gasteiger partial charge >= 0.3 is 15.2 Å². The standard InChI is InChI=1S/C22H30Cl2N10.C10H17NO.2C6H8NO3P/c23-15-5-9-17(10-6-15)31-21(27)33-19(25)29-13-3-1-2-4-14-30-20(26)34-22(28)32-18-11-7-16(24)8-12-18;12-10-7-4-8-11(10)9-5-2-1-3-6-9;2*7-5-1-3-6(4-2-5)11(8,9)10/h5-12H,1-4,13-14H2,(H5,25,27,29,31,33)(H5,26,28,30,32,34);9H,1-8H2;2*1-4H,7H2,(H2,8,9,10). The van der Waals surface area contributed by atoms with Gasteiger partial charge in [-0.3, -0.25) is 23.9 Å². The molecule has 2 fully saturated rings. The van der Waals surface area contributed by atoms with E-state index in [1.165, 1.54) is 80.6 Å². The summed E-state index contributed by atoms with van der Waals surface area (Å²) in [5.41, 5.74) is 36.4. The summed E-state index contributed by atoms with van der Waals surface area (Å²) in [5.74, 6) is 0.969. The number of benzene rings is 4. The molecule has 4 aromatic rings. The first-order valence-corrected chi connectivity index (χ1v) is 25.6. The van der Waals surface area contributed by atoms with Crippen LogP contribution in [0.15, 0.2) is 117 Å². The van der Waals surface area contributed by atoms with Crippen LogP contribution < -0.4 is 55.6 Å². The van der Waals surface area contributed by atoms with Crippen LogP contribution in [0.3, 0.4) is 0 Å². The van der Waals surface area contributed by atoms with E-state index < -0.39 is 15.2 Å². The van der Waals surface area contributed by atoms with E-state index in [4.69, 9.17) is 77.2 Å². The number of carbonyl (C=O) groups excluding carboxylic acids is 1. The predicted molar refractivity (Wildman–Crippen MR) is 278 cm³/mol. The molecule has 20 nitrogen and oxygen atoms in total. The van der Waals surface area contributed by atoms with Crippen molar-refractivity contribution in [1.82, 2.24) is 4.90 Å². The lowest BCUT2D eigenvalue weighted by atomic mass is 9.94. The van der Waals surface area contributed by atoms with Crippen molar-refractivity contribution >= 4 is 101 Å². The molecule has 370 valence electrons. The second-order valence-corrected chi connectivity index (χ2v) is 19.5. The van der Waals surface area contributed by atoms with E-state index in [0.717, 1.165) is 56.4 Å². The number of hydrogen-bond acceptors (Lipinski definition) is 7. The molecule has 0 unspecified atom stereocenters. The van der Waals surface area contributed by atoms with Gasteiger partial charge in [0.1, 0.15) is 0 Å². The molecule has 0 bridgehead atoms. The molecule has 0 atom stereocenters. The Morgan fingerprint density at radius 1 is 0.588 bits per heavy atom. The van der Waals surface area contributed by atoms with Crippen LogP contribution in [0.4, 0.5) is 22.7 Å². The molecule has 1 saturated heterocycles. The van der Waals surface area contributed by atoms with E-state index in [-0.39, 0.29) is 34.4 Å². The fourth-order valence-corrected chi connectivity index (χ4v) is 7.81. The average Bonchev–Trinajstić information content (AvgIpc) is 3.72. The molecule has 0 aromatic heterocycles. The quantitative estimate of drug-likeness (QED) is 0.0277. The SMILES string of the molecule is NC(=NCCCCCCN=C(N)N=C(N)Nc1ccc(Cl)cc1)N=C(N)Nc1ccc(Cl)cc1.Nc1ccc(P(=O)(O)O)cc1.Nc1ccc(P(=O)(O)O)cc1.O=C1CCCN1C1CCCCC1. The summed E-state index contributed by atoms with van der Waals surface area (Å²) < 4.78 is 21.2. The lowest BCUT2D eigenvalue weighted by Gasteiger charge is -2.30. The number of amides is 1. The number of nitrogen functional groups attached to an aromatic ring is 2. The summed E-state index contributed by atoms with van der Waals surface area (Å²) in [6.07, 6.45) is 12.1. The van der Waals surface area contributed by atoms with Gasteiger partial charge in [-0.05, 0) is 129 Å². The number of guanidine groups is 4. The molecule has 1 saturated carbocycles. The van der Waals surface area contributed by atoms with Crippen molar-refractivity contribution in [1.29, 1.82) is 0 Å². The fraction of sp³-hybridized carbons (Fsp3) is 0.341. The molecule has 0 radical (unpaired) electrons. The summed E-state index contributed by atoms with van der Waals surface area (Å²) in [7, 11) is -8.19. The van der Waals surface area contributed by atoms with Gasteiger partial charge in [0, 0.05) is 64.9 Å². The summed E-state index contributed by atoms with van der Waals surface area (Å²) in [6, 6.07) is 25.8. The third-order valence-electron chi connectivity index (χ3n) is 9.90. The zero-order chi connectivity index (χ0) is 50.1. The van der Waals surface area contributed by atoms with Crippen molar-refractivity contribution in [3.05, 3.63) is 107 Å². The van der Waals surface area contributed by atoms with Crippen LogP contribution in [0.2, 0.25) is 10.0 Å². The third kappa shape index (κ3) is 23.4. The predicted octanol–water partition coefficient (Wildman–Crippen LogP) is 5.42. The smallest absolute Gasteiger partial charge is 0.356 e. The van der Waals surface area contributed by atoms with E-state index in [1.807, 2.05) is 0 Å². The minimum Gasteiger partial charge on any atom is -0.399 e. The first-order chi connectivity index (χ1) is 32.2. The van der Waals surface area contributed by atoms with Gasteiger partial charge in [-0.2, -0.15) is 9.98 Å². The number of anilines is 4. The van der Waals surface area contributed by atoms with Gasteiger partial charge in [-0.1, -0.05) is 55.3 Å². The van der Waals surface area contributed by atoms with Gasteiger partial charge in [0.2, 0.25) is 29.7 Å². The molecule has 2 aliphatic rings. The Hall–Kier alpha value is -5.69. The summed E-state index contributed by atoms with van der Waals surface area (Å²) in [6.45, 7) is 2.15. The molecular formula is C44H63Cl2N13O7P2.